The van der Waals surface area contributed by atoms with Crippen molar-refractivity contribution < 1.29 is 8.42 Å². The highest BCUT2D eigenvalue weighted by molar-refractivity contribution is 7.90. The summed E-state index contributed by atoms with van der Waals surface area (Å²) in [5.41, 5.74) is 5.20. The van der Waals surface area contributed by atoms with E-state index < -0.39 is 10.0 Å². The molecule has 6 aromatic rings. The fourth-order valence-electron chi connectivity index (χ4n) is 4.44. The maximum atomic E-state index is 13.6. The predicted octanol–water partition coefficient (Wildman–Crippen LogP) is 7.41. The molecule has 0 radical (unpaired) electrons. The molecule has 0 fully saturated rings. The summed E-state index contributed by atoms with van der Waals surface area (Å²) in [4.78, 5) is 4.60. The van der Waals surface area contributed by atoms with Crippen molar-refractivity contribution in [3.63, 3.8) is 0 Å². The Morgan fingerprint density at radius 2 is 1.17 bits per heavy atom. The first-order valence-electron chi connectivity index (χ1n) is 11.1. The van der Waals surface area contributed by atoms with E-state index in [9.17, 15) is 8.42 Å². The van der Waals surface area contributed by atoms with Crippen LogP contribution in [0.1, 0.15) is 0 Å². The molecule has 0 saturated carbocycles. The van der Waals surface area contributed by atoms with Crippen LogP contribution in [0.15, 0.2) is 120 Å². The molecule has 0 saturated heterocycles. The highest BCUT2D eigenvalue weighted by Crippen LogP contribution is 2.35. The minimum Gasteiger partial charge on any atom is -0.217 e. The molecule has 0 aliphatic rings. The van der Waals surface area contributed by atoms with Crippen LogP contribution in [0.25, 0.3) is 44.2 Å². The highest BCUT2D eigenvalue weighted by atomic mass is 35.5. The molecule has 170 valence electrons. The number of aromatic nitrogens is 2. The molecular weight excluding hydrogens is 476 g/mol. The second-order valence-corrected chi connectivity index (χ2v) is 10.4. The molecule has 35 heavy (non-hydrogen) atoms. The zero-order chi connectivity index (χ0) is 24.0. The Bertz CT molecular complexity index is 1800. The maximum absolute atomic E-state index is 13.6. The van der Waals surface area contributed by atoms with Gasteiger partial charge in [-0.05, 0) is 58.7 Å². The summed E-state index contributed by atoms with van der Waals surface area (Å²) in [5, 5.41) is 1.77. The zero-order valence-corrected chi connectivity index (χ0v) is 20.0. The highest BCUT2D eigenvalue weighted by Gasteiger charge is 2.24. The molecule has 0 spiro atoms. The minimum absolute atomic E-state index is 0.196. The van der Waals surface area contributed by atoms with E-state index in [2.05, 4.69) is 41.4 Å². The van der Waals surface area contributed by atoms with Gasteiger partial charge in [0, 0.05) is 10.8 Å². The normalized spacial score (nSPS) is 11.8. The van der Waals surface area contributed by atoms with Gasteiger partial charge in [0.15, 0.2) is 5.65 Å². The van der Waals surface area contributed by atoms with Gasteiger partial charge in [0.1, 0.15) is 5.15 Å². The zero-order valence-electron chi connectivity index (χ0n) is 18.5. The fourth-order valence-corrected chi connectivity index (χ4v) is 6.08. The van der Waals surface area contributed by atoms with E-state index in [1.54, 1.807) is 36.4 Å². The number of hydrogen-bond acceptors (Lipinski definition) is 3. The minimum atomic E-state index is -3.88. The van der Waals surface area contributed by atoms with Crippen molar-refractivity contribution >= 4 is 43.6 Å². The first kappa shape index (κ1) is 21.6. The summed E-state index contributed by atoms with van der Waals surface area (Å²) in [5.74, 6) is 0. The van der Waals surface area contributed by atoms with Gasteiger partial charge in [0.25, 0.3) is 10.0 Å². The van der Waals surface area contributed by atoms with Crippen LogP contribution in [0.2, 0.25) is 5.15 Å². The largest absolute Gasteiger partial charge is 0.269 e. The SMILES string of the molecule is O=S(=O)(c1ccccc1)n1c2ccc(-c3ccc(-c4ccccc4)cc3)cc2c2ccc(Cl)nc21. The Balaban J connectivity index is 1.53. The van der Waals surface area contributed by atoms with E-state index in [-0.39, 0.29) is 10.0 Å². The molecule has 2 heterocycles. The molecule has 0 unspecified atom stereocenters. The van der Waals surface area contributed by atoms with Crippen molar-refractivity contribution in [3.05, 3.63) is 120 Å². The number of fused-ring (bicyclic) bond motifs is 3. The van der Waals surface area contributed by atoms with Crippen LogP contribution in [-0.4, -0.2) is 17.4 Å². The van der Waals surface area contributed by atoms with Crippen molar-refractivity contribution in [1.82, 2.24) is 8.96 Å². The lowest BCUT2D eigenvalue weighted by Gasteiger charge is -2.09. The van der Waals surface area contributed by atoms with Gasteiger partial charge in [0.05, 0.1) is 10.4 Å². The topological polar surface area (TPSA) is 52.0 Å². The average Bonchev–Trinajstić information content (AvgIpc) is 3.23. The quantitative estimate of drug-likeness (QED) is 0.240. The average molecular weight is 495 g/mol. The van der Waals surface area contributed by atoms with E-state index >= 15 is 0 Å². The third-order valence-electron chi connectivity index (χ3n) is 6.15. The Morgan fingerprint density at radius 1 is 0.600 bits per heavy atom. The van der Waals surface area contributed by atoms with Gasteiger partial charge in [0.2, 0.25) is 0 Å². The first-order chi connectivity index (χ1) is 17.0. The van der Waals surface area contributed by atoms with Gasteiger partial charge in [-0.25, -0.2) is 17.4 Å². The molecule has 0 bridgehead atoms. The number of halogens is 1. The predicted molar refractivity (Wildman–Crippen MR) is 142 cm³/mol. The third kappa shape index (κ3) is 3.70. The van der Waals surface area contributed by atoms with Crippen molar-refractivity contribution in [1.29, 1.82) is 0 Å². The Labute approximate surface area is 208 Å². The van der Waals surface area contributed by atoms with Crippen LogP contribution in [0.3, 0.4) is 0 Å². The Hall–Kier alpha value is -3.93. The molecular formula is C29H19ClN2O2S. The second kappa shape index (κ2) is 8.38. The molecule has 6 rings (SSSR count). The number of nitrogens with zero attached hydrogens (tertiary/aromatic N) is 2. The maximum Gasteiger partial charge on any atom is 0.269 e. The molecule has 0 aliphatic heterocycles. The monoisotopic (exact) mass is 494 g/mol. The Morgan fingerprint density at radius 3 is 1.86 bits per heavy atom. The summed E-state index contributed by atoms with van der Waals surface area (Å²) < 4.78 is 28.6. The second-order valence-electron chi connectivity index (χ2n) is 8.26. The van der Waals surface area contributed by atoms with E-state index in [1.165, 1.54) is 3.97 Å². The lowest BCUT2D eigenvalue weighted by Crippen LogP contribution is -2.13. The van der Waals surface area contributed by atoms with E-state index in [1.807, 2.05) is 42.5 Å². The molecule has 6 heteroatoms. The van der Waals surface area contributed by atoms with Crippen molar-refractivity contribution in [2.24, 2.45) is 0 Å². The summed E-state index contributed by atoms with van der Waals surface area (Å²) in [6.45, 7) is 0. The van der Waals surface area contributed by atoms with E-state index in [4.69, 9.17) is 11.6 Å². The van der Waals surface area contributed by atoms with Gasteiger partial charge in [-0.2, -0.15) is 0 Å². The lowest BCUT2D eigenvalue weighted by molar-refractivity contribution is 0.590. The van der Waals surface area contributed by atoms with Crippen LogP contribution < -0.4 is 0 Å². The molecule has 0 atom stereocenters. The van der Waals surface area contributed by atoms with Crippen molar-refractivity contribution in [2.75, 3.05) is 0 Å². The third-order valence-corrected chi connectivity index (χ3v) is 8.07. The van der Waals surface area contributed by atoms with Gasteiger partial charge >= 0.3 is 0 Å². The van der Waals surface area contributed by atoms with Crippen molar-refractivity contribution in [3.8, 4) is 22.3 Å². The van der Waals surface area contributed by atoms with Crippen LogP contribution in [0.4, 0.5) is 0 Å². The van der Waals surface area contributed by atoms with E-state index in [0.29, 0.717) is 11.2 Å². The van der Waals surface area contributed by atoms with Crippen LogP contribution in [0.5, 0.6) is 0 Å². The summed E-state index contributed by atoms with van der Waals surface area (Å²) >= 11 is 6.19. The van der Waals surface area contributed by atoms with Crippen LogP contribution in [-0.2, 0) is 10.0 Å². The van der Waals surface area contributed by atoms with Gasteiger partial charge in [-0.3, -0.25) is 0 Å². The molecule has 4 nitrogen and oxygen atoms in total. The number of benzene rings is 4. The smallest absolute Gasteiger partial charge is 0.217 e. The lowest BCUT2D eigenvalue weighted by atomic mass is 9.99. The van der Waals surface area contributed by atoms with Crippen LogP contribution >= 0.6 is 11.6 Å². The standard InChI is InChI=1S/C29H19ClN2O2S/c30-28-18-16-25-26-19-23(22-13-11-21(12-14-22)20-7-3-1-4-8-20)15-17-27(26)32(29(25)31-28)35(33,34)24-9-5-2-6-10-24/h1-19H. The molecule has 0 N–H and O–H groups in total. The number of hydrogen-bond donors (Lipinski definition) is 0. The fraction of sp³-hybridized carbons (Fsp3) is 0. The first-order valence-corrected chi connectivity index (χ1v) is 12.9. The molecule has 0 aliphatic carbocycles. The van der Waals surface area contributed by atoms with Gasteiger partial charge in [-0.1, -0.05) is 90.5 Å². The molecule has 2 aromatic heterocycles. The number of pyridine rings is 1. The van der Waals surface area contributed by atoms with Gasteiger partial charge in [-0.15, -0.1) is 0 Å². The summed E-state index contributed by atoms with van der Waals surface area (Å²) in [7, 11) is -3.88. The van der Waals surface area contributed by atoms with Crippen LogP contribution in [0, 0.1) is 0 Å². The summed E-state index contributed by atoms with van der Waals surface area (Å²) in [6.07, 6.45) is 0. The molecule has 0 amide bonds. The molecule has 4 aromatic carbocycles. The number of rotatable bonds is 4. The van der Waals surface area contributed by atoms with Gasteiger partial charge < -0.3 is 0 Å². The Kier molecular flexibility index (Phi) is 5.17. The summed E-state index contributed by atoms with van der Waals surface area (Å²) in [6, 6.07) is 36.3. The van der Waals surface area contributed by atoms with E-state index in [0.717, 1.165) is 33.0 Å². The van der Waals surface area contributed by atoms with Crippen molar-refractivity contribution in [2.45, 2.75) is 4.90 Å².